The first kappa shape index (κ1) is 23.8. The van der Waals surface area contributed by atoms with E-state index in [1.165, 1.54) is 70.6 Å². The molecule has 0 aliphatic carbocycles. The Hall–Kier alpha value is -1.22. The Morgan fingerprint density at radius 2 is 1.24 bits per heavy atom. The lowest BCUT2D eigenvalue weighted by atomic mass is 10.1. The zero-order valence-electron chi connectivity index (χ0n) is 15.9. The topological polar surface area (TPSA) is 59.1 Å². The number of hydrogen-bond acceptors (Lipinski definition) is 2. The second-order valence-electron chi connectivity index (χ2n) is 6.68. The molecule has 0 atom stereocenters. The molecule has 0 heterocycles. The zero-order valence-corrected chi connectivity index (χ0v) is 16.7. The van der Waals surface area contributed by atoms with Gasteiger partial charge in [-0.25, -0.2) is 0 Å². The maximum absolute atomic E-state index is 7.36. The zero-order chi connectivity index (χ0) is 17.5. The molecule has 0 saturated carbocycles. The van der Waals surface area contributed by atoms with Gasteiger partial charge in [-0.3, -0.25) is 5.41 Å². The maximum atomic E-state index is 7.36. The Morgan fingerprint density at radius 3 is 1.68 bits per heavy atom. The van der Waals surface area contributed by atoms with Crippen molar-refractivity contribution in [3.8, 4) is 5.75 Å². The second-order valence-corrected chi connectivity index (χ2v) is 6.68. The molecule has 3 N–H and O–H groups in total. The van der Waals surface area contributed by atoms with Gasteiger partial charge in [0.1, 0.15) is 11.6 Å². The Labute approximate surface area is 160 Å². The number of nitrogens with two attached hydrogens (primary N) is 1. The molecule has 4 heteroatoms. The largest absolute Gasteiger partial charge is 0.494 e. The SMILES string of the molecule is CCCCCCCCCCCCCCOc1ccc(C(=N)N)cc1.Cl. The summed E-state index contributed by atoms with van der Waals surface area (Å²) in [4.78, 5) is 0. The third kappa shape index (κ3) is 12.7. The Bertz CT molecular complexity index is 434. The summed E-state index contributed by atoms with van der Waals surface area (Å²) in [5.41, 5.74) is 6.18. The molecule has 0 saturated heterocycles. The first-order chi connectivity index (χ1) is 11.7. The minimum atomic E-state index is 0. The number of benzene rings is 1. The Morgan fingerprint density at radius 1 is 0.800 bits per heavy atom. The molecular weight excluding hydrogens is 332 g/mol. The summed E-state index contributed by atoms with van der Waals surface area (Å²) in [6.07, 6.45) is 16.3. The molecule has 0 aliphatic rings. The lowest BCUT2D eigenvalue weighted by Gasteiger charge is -2.07. The van der Waals surface area contributed by atoms with Crippen LogP contribution in [-0.2, 0) is 0 Å². The number of amidine groups is 1. The van der Waals surface area contributed by atoms with Crippen molar-refractivity contribution in [2.75, 3.05) is 6.61 Å². The van der Waals surface area contributed by atoms with Crippen molar-refractivity contribution in [1.82, 2.24) is 0 Å². The van der Waals surface area contributed by atoms with E-state index >= 15 is 0 Å². The maximum Gasteiger partial charge on any atom is 0.122 e. The van der Waals surface area contributed by atoms with E-state index in [1.807, 2.05) is 24.3 Å². The van der Waals surface area contributed by atoms with Crippen molar-refractivity contribution < 1.29 is 4.74 Å². The van der Waals surface area contributed by atoms with Crippen molar-refractivity contribution in [3.05, 3.63) is 29.8 Å². The molecule has 0 spiro atoms. The molecule has 3 nitrogen and oxygen atoms in total. The Balaban J connectivity index is 0.00000576. The van der Waals surface area contributed by atoms with E-state index in [-0.39, 0.29) is 18.2 Å². The molecule has 0 fully saturated rings. The van der Waals surface area contributed by atoms with E-state index in [0.29, 0.717) is 0 Å². The molecule has 1 aromatic carbocycles. The van der Waals surface area contributed by atoms with Crippen LogP contribution in [0.4, 0.5) is 0 Å². The monoisotopic (exact) mass is 368 g/mol. The van der Waals surface area contributed by atoms with Gasteiger partial charge in [-0.15, -0.1) is 12.4 Å². The van der Waals surface area contributed by atoms with Crippen LogP contribution in [0.2, 0.25) is 0 Å². The first-order valence-electron chi connectivity index (χ1n) is 9.81. The summed E-state index contributed by atoms with van der Waals surface area (Å²) in [5, 5.41) is 7.36. The highest BCUT2D eigenvalue weighted by molar-refractivity contribution is 5.94. The van der Waals surface area contributed by atoms with Crippen LogP contribution in [0.25, 0.3) is 0 Å². The molecular formula is C21H37ClN2O. The van der Waals surface area contributed by atoms with E-state index in [9.17, 15) is 0 Å². The summed E-state index contributed by atoms with van der Waals surface area (Å²) < 4.78 is 5.72. The van der Waals surface area contributed by atoms with Gasteiger partial charge in [0.2, 0.25) is 0 Å². The van der Waals surface area contributed by atoms with Crippen molar-refractivity contribution in [3.63, 3.8) is 0 Å². The van der Waals surface area contributed by atoms with Gasteiger partial charge >= 0.3 is 0 Å². The molecule has 1 aromatic rings. The fourth-order valence-corrected chi connectivity index (χ4v) is 2.86. The highest BCUT2D eigenvalue weighted by atomic mass is 35.5. The van der Waals surface area contributed by atoms with E-state index < -0.39 is 0 Å². The van der Waals surface area contributed by atoms with Gasteiger partial charge in [0.25, 0.3) is 0 Å². The van der Waals surface area contributed by atoms with Gasteiger partial charge in [0.05, 0.1) is 6.61 Å². The fraction of sp³-hybridized carbons (Fsp3) is 0.667. The highest BCUT2D eigenvalue weighted by Gasteiger charge is 1.98. The molecule has 0 unspecified atom stereocenters. The van der Waals surface area contributed by atoms with Crippen molar-refractivity contribution in [2.45, 2.75) is 84.0 Å². The van der Waals surface area contributed by atoms with Crippen LogP contribution in [0.3, 0.4) is 0 Å². The normalized spacial score (nSPS) is 10.3. The quantitative estimate of drug-likeness (QED) is 0.211. The van der Waals surface area contributed by atoms with E-state index in [0.717, 1.165) is 24.3 Å². The molecule has 144 valence electrons. The van der Waals surface area contributed by atoms with E-state index in [1.54, 1.807) is 0 Å². The van der Waals surface area contributed by atoms with Gasteiger partial charge < -0.3 is 10.5 Å². The number of rotatable bonds is 15. The summed E-state index contributed by atoms with van der Waals surface area (Å²) in [7, 11) is 0. The van der Waals surface area contributed by atoms with Gasteiger partial charge in [-0.1, -0.05) is 77.6 Å². The highest BCUT2D eigenvalue weighted by Crippen LogP contribution is 2.14. The first-order valence-corrected chi connectivity index (χ1v) is 9.81. The van der Waals surface area contributed by atoms with Crippen LogP contribution >= 0.6 is 12.4 Å². The molecule has 0 aromatic heterocycles. The predicted octanol–water partition coefficient (Wildman–Crippen LogP) is 6.47. The summed E-state index contributed by atoms with van der Waals surface area (Å²) in [5.74, 6) is 0.964. The van der Waals surface area contributed by atoms with E-state index in [4.69, 9.17) is 15.9 Å². The smallest absolute Gasteiger partial charge is 0.122 e. The minimum Gasteiger partial charge on any atom is -0.494 e. The third-order valence-electron chi connectivity index (χ3n) is 4.43. The van der Waals surface area contributed by atoms with Crippen molar-refractivity contribution in [1.29, 1.82) is 5.41 Å². The number of ether oxygens (including phenoxy) is 1. The third-order valence-corrected chi connectivity index (χ3v) is 4.43. The molecule has 0 aliphatic heterocycles. The van der Waals surface area contributed by atoms with Gasteiger partial charge in [-0.2, -0.15) is 0 Å². The Kier molecular flexibility index (Phi) is 15.5. The van der Waals surface area contributed by atoms with Crippen LogP contribution in [-0.4, -0.2) is 12.4 Å². The van der Waals surface area contributed by atoms with Gasteiger partial charge in [0, 0.05) is 5.56 Å². The molecule has 25 heavy (non-hydrogen) atoms. The van der Waals surface area contributed by atoms with Crippen molar-refractivity contribution in [2.24, 2.45) is 5.73 Å². The number of halogens is 1. The van der Waals surface area contributed by atoms with Gasteiger partial charge in [-0.05, 0) is 30.7 Å². The van der Waals surface area contributed by atoms with Crippen LogP contribution in [0, 0.1) is 5.41 Å². The molecule has 0 amide bonds. The predicted molar refractivity (Wildman–Crippen MR) is 111 cm³/mol. The lowest BCUT2D eigenvalue weighted by molar-refractivity contribution is 0.304. The van der Waals surface area contributed by atoms with Crippen molar-refractivity contribution >= 4 is 18.2 Å². The molecule has 0 bridgehead atoms. The van der Waals surface area contributed by atoms with Gasteiger partial charge in [0.15, 0.2) is 0 Å². The van der Waals surface area contributed by atoms with Crippen LogP contribution in [0.15, 0.2) is 24.3 Å². The summed E-state index contributed by atoms with van der Waals surface area (Å²) in [6.45, 7) is 3.05. The number of hydrogen-bond donors (Lipinski definition) is 2. The standard InChI is InChI=1S/C21H36N2O.ClH/c1-2-3-4-5-6-7-8-9-10-11-12-13-18-24-20-16-14-19(15-17-20)21(22)23;/h14-17H,2-13,18H2,1H3,(H3,22,23);1H. The average Bonchev–Trinajstić information content (AvgIpc) is 2.59. The fourth-order valence-electron chi connectivity index (χ4n) is 2.86. The van der Waals surface area contributed by atoms with Crippen LogP contribution in [0.1, 0.15) is 89.5 Å². The van der Waals surface area contributed by atoms with Crippen LogP contribution < -0.4 is 10.5 Å². The minimum absolute atomic E-state index is 0. The summed E-state index contributed by atoms with van der Waals surface area (Å²) in [6, 6.07) is 7.44. The average molecular weight is 369 g/mol. The number of nitrogens with one attached hydrogen (secondary N) is 1. The van der Waals surface area contributed by atoms with E-state index in [2.05, 4.69) is 6.92 Å². The number of unbranched alkanes of at least 4 members (excludes halogenated alkanes) is 11. The summed E-state index contributed by atoms with van der Waals surface area (Å²) >= 11 is 0. The molecule has 0 radical (unpaired) electrons. The lowest BCUT2D eigenvalue weighted by Crippen LogP contribution is -2.10. The van der Waals surface area contributed by atoms with Crippen LogP contribution in [0.5, 0.6) is 5.75 Å². The molecule has 1 rings (SSSR count). The second kappa shape index (κ2) is 16.3. The number of nitrogen functional groups attached to an aromatic ring is 1.